The number of methoxy groups -OCH3 is 2. The Morgan fingerprint density at radius 3 is 2.62 bits per heavy atom. The molecule has 0 radical (unpaired) electrons. The lowest BCUT2D eigenvalue weighted by atomic mass is 10.1. The minimum atomic E-state index is -0.501. The van der Waals surface area contributed by atoms with Gasteiger partial charge in [0.15, 0.2) is 17.3 Å². The number of benzene rings is 2. The van der Waals surface area contributed by atoms with Gasteiger partial charge in [-0.2, -0.15) is 0 Å². The third kappa shape index (κ3) is 4.71. The van der Waals surface area contributed by atoms with Crippen LogP contribution >= 0.6 is 11.6 Å². The average Bonchev–Trinajstić information content (AvgIpc) is 2.81. The largest absolute Gasteiger partial charge is 0.493 e. The summed E-state index contributed by atoms with van der Waals surface area (Å²) in [5.74, 6) is 1.52. The molecular weight excluding hydrogens is 435 g/mol. The van der Waals surface area contributed by atoms with E-state index in [1.165, 1.54) is 12.1 Å². The van der Waals surface area contributed by atoms with Crippen molar-refractivity contribution in [2.24, 2.45) is 0 Å². The van der Waals surface area contributed by atoms with Crippen LogP contribution in [-0.4, -0.2) is 42.4 Å². The molecule has 0 aliphatic heterocycles. The number of hydrogen-bond donors (Lipinski definition) is 1. The van der Waals surface area contributed by atoms with Gasteiger partial charge in [0.1, 0.15) is 18.2 Å². The van der Waals surface area contributed by atoms with Gasteiger partial charge in [0.25, 0.3) is 0 Å². The fourth-order valence-electron chi connectivity index (χ4n) is 3.07. The van der Waals surface area contributed by atoms with Gasteiger partial charge < -0.3 is 19.5 Å². The number of hydrogen-bond acceptors (Lipinski definition) is 7. The van der Waals surface area contributed by atoms with Gasteiger partial charge in [-0.3, -0.25) is 4.98 Å². The smallest absolute Gasteiger partial charge is 0.163 e. The molecule has 0 saturated heterocycles. The van der Waals surface area contributed by atoms with Crippen LogP contribution < -0.4 is 14.8 Å². The Kier molecular flexibility index (Phi) is 6.63. The minimum absolute atomic E-state index is 0.00565. The number of pyridine rings is 1. The van der Waals surface area contributed by atoms with E-state index in [0.717, 1.165) is 5.56 Å². The Labute approximate surface area is 189 Å². The number of nitrogens with zero attached hydrogens (tertiary/aromatic N) is 3. The second-order valence-corrected chi connectivity index (χ2v) is 7.16. The van der Waals surface area contributed by atoms with E-state index in [1.807, 2.05) is 12.1 Å². The molecule has 2 heterocycles. The molecule has 0 atom stereocenters. The maximum Gasteiger partial charge on any atom is 0.163 e. The molecule has 0 aliphatic carbocycles. The average molecular weight is 455 g/mol. The molecule has 2 aromatic heterocycles. The number of fused-ring (bicyclic) bond motifs is 1. The number of aromatic nitrogens is 3. The van der Waals surface area contributed by atoms with Crippen LogP contribution in [0.4, 0.5) is 15.9 Å². The van der Waals surface area contributed by atoms with Crippen LogP contribution in [0.1, 0.15) is 0 Å². The molecule has 164 valence electrons. The summed E-state index contributed by atoms with van der Waals surface area (Å²) in [6.45, 7) is 0.778. The first-order valence-corrected chi connectivity index (χ1v) is 10.1. The second kappa shape index (κ2) is 9.76. The highest BCUT2D eigenvalue weighted by Crippen LogP contribution is 2.36. The van der Waals surface area contributed by atoms with Gasteiger partial charge in [-0.05, 0) is 36.4 Å². The highest BCUT2D eigenvalue weighted by Gasteiger charge is 2.15. The van der Waals surface area contributed by atoms with Crippen molar-refractivity contribution in [3.8, 4) is 22.9 Å². The molecule has 2 aromatic carbocycles. The Balaban J connectivity index is 1.86. The van der Waals surface area contributed by atoms with Crippen molar-refractivity contribution >= 4 is 34.0 Å². The Hall–Kier alpha value is -3.49. The van der Waals surface area contributed by atoms with Crippen LogP contribution in [0.2, 0.25) is 5.02 Å². The summed E-state index contributed by atoms with van der Waals surface area (Å²) in [7, 11) is 3.16. The molecule has 0 spiro atoms. The topological polar surface area (TPSA) is 78.4 Å². The summed E-state index contributed by atoms with van der Waals surface area (Å²) >= 11 is 5.96. The molecule has 4 rings (SSSR count). The maximum absolute atomic E-state index is 13.6. The fourth-order valence-corrected chi connectivity index (χ4v) is 3.25. The molecule has 0 fully saturated rings. The van der Waals surface area contributed by atoms with Crippen molar-refractivity contribution in [2.75, 3.05) is 32.8 Å². The van der Waals surface area contributed by atoms with Crippen LogP contribution in [-0.2, 0) is 4.74 Å². The molecule has 0 bridgehead atoms. The van der Waals surface area contributed by atoms with Crippen molar-refractivity contribution < 1.29 is 18.6 Å². The SMILES string of the molecule is COCCOc1cc2c(Nc3ccc(F)c(Cl)c3)nc(-c3cccnc3)nc2cc1OC. The van der Waals surface area contributed by atoms with Gasteiger partial charge >= 0.3 is 0 Å². The van der Waals surface area contributed by atoms with Crippen molar-refractivity contribution in [3.05, 3.63) is 65.7 Å². The zero-order chi connectivity index (χ0) is 22.5. The van der Waals surface area contributed by atoms with E-state index in [9.17, 15) is 4.39 Å². The Bertz CT molecular complexity index is 1240. The molecule has 32 heavy (non-hydrogen) atoms. The molecule has 0 amide bonds. The zero-order valence-electron chi connectivity index (χ0n) is 17.4. The molecule has 0 saturated carbocycles. The van der Waals surface area contributed by atoms with Crippen LogP contribution in [0, 0.1) is 5.82 Å². The molecule has 7 nitrogen and oxygen atoms in total. The highest BCUT2D eigenvalue weighted by atomic mass is 35.5. The van der Waals surface area contributed by atoms with Gasteiger partial charge in [0.2, 0.25) is 0 Å². The predicted molar refractivity (Wildman–Crippen MR) is 121 cm³/mol. The minimum Gasteiger partial charge on any atom is -0.493 e. The number of anilines is 2. The lowest BCUT2D eigenvalue weighted by Gasteiger charge is -2.15. The summed E-state index contributed by atoms with van der Waals surface area (Å²) in [5, 5.41) is 3.91. The molecule has 0 unspecified atom stereocenters. The molecule has 0 aliphatic rings. The van der Waals surface area contributed by atoms with Crippen molar-refractivity contribution in [3.63, 3.8) is 0 Å². The fraction of sp³-hybridized carbons (Fsp3) is 0.174. The predicted octanol–water partition coefficient (Wildman–Crippen LogP) is 5.26. The van der Waals surface area contributed by atoms with Gasteiger partial charge in [0.05, 0.1) is 24.3 Å². The number of rotatable bonds is 8. The summed E-state index contributed by atoms with van der Waals surface area (Å²) < 4.78 is 30.0. The zero-order valence-corrected chi connectivity index (χ0v) is 18.2. The number of nitrogens with one attached hydrogen (secondary N) is 1. The van der Waals surface area contributed by atoms with Crippen molar-refractivity contribution in [2.45, 2.75) is 0 Å². The van der Waals surface area contributed by atoms with Crippen LogP contribution in [0.3, 0.4) is 0 Å². The van der Waals surface area contributed by atoms with E-state index in [1.54, 1.807) is 44.8 Å². The standard InChI is InChI=1S/C23H20ClFN4O3/c1-30-8-9-32-21-11-16-19(12-20(21)31-2)28-22(14-4-3-7-26-13-14)29-23(16)27-15-5-6-18(25)17(24)10-15/h3-7,10-13H,8-9H2,1-2H3,(H,27,28,29). The van der Waals surface area contributed by atoms with Gasteiger partial charge in [0, 0.05) is 42.2 Å². The molecular formula is C23H20ClFN4O3. The summed E-state index contributed by atoms with van der Waals surface area (Å²) in [4.78, 5) is 13.5. The maximum atomic E-state index is 13.6. The van der Waals surface area contributed by atoms with E-state index in [2.05, 4.69) is 15.3 Å². The number of ether oxygens (including phenoxy) is 3. The lowest BCUT2D eigenvalue weighted by molar-refractivity contribution is 0.144. The molecule has 4 aromatic rings. The molecule has 1 N–H and O–H groups in total. The van der Waals surface area contributed by atoms with E-state index >= 15 is 0 Å². The number of halogens is 2. The van der Waals surface area contributed by atoms with Gasteiger partial charge in [-0.15, -0.1) is 0 Å². The van der Waals surface area contributed by atoms with Gasteiger partial charge in [-0.1, -0.05) is 11.6 Å². The van der Waals surface area contributed by atoms with E-state index in [-0.39, 0.29) is 5.02 Å². The third-order valence-corrected chi connectivity index (χ3v) is 4.92. The van der Waals surface area contributed by atoms with Crippen LogP contribution in [0.5, 0.6) is 11.5 Å². The quantitative estimate of drug-likeness (QED) is 0.364. The summed E-state index contributed by atoms with van der Waals surface area (Å²) in [6.07, 6.45) is 3.36. The van der Waals surface area contributed by atoms with Crippen molar-refractivity contribution in [1.82, 2.24) is 15.0 Å². The van der Waals surface area contributed by atoms with Crippen molar-refractivity contribution in [1.29, 1.82) is 0 Å². The third-order valence-electron chi connectivity index (χ3n) is 4.63. The molecule has 9 heteroatoms. The summed E-state index contributed by atoms with van der Waals surface area (Å²) in [5.41, 5.74) is 1.95. The van der Waals surface area contributed by atoms with E-state index in [4.69, 9.17) is 30.8 Å². The normalized spacial score (nSPS) is 10.9. The lowest BCUT2D eigenvalue weighted by Crippen LogP contribution is -2.06. The van der Waals surface area contributed by atoms with Crippen LogP contribution in [0.15, 0.2) is 54.9 Å². The van der Waals surface area contributed by atoms with Crippen LogP contribution in [0.25, 0.3) is 22.3 Å². The highest BCUT2D eigenvalue weighted by molar-refractivity contribution is 6.31. The van der Waals surface area contributed by atoms with E-state index < -0.39 is 5.82 Å². The van der Waals surface area contributed by atoms with Gasteiger partial charge in [-0.25, -0.2) is 14.4 Å². The first kappa shape index (κ1) is 21.7. The second-order valence-electron chi connectivity index (χ2n) is 6.75. The Morgan fingerprint density at radius 1 is 1.03 bits per heavy atom. The monoisotopic (exact) mass is 454 g/mol. The summed E-state index contributed by atoms with van der Waals surface area (Å²) in [6, 6.07) is 11.6. The Morgan fingerprint density at radius 2 is 1.91 bits per heavy atom. The first-order chi connectivity index (χ1) is 15.6. The van der Waals surface area contributed by atoms with E-state index in [0.29, 0.717) is 52.9 Å². The first-order valence-electron chi connectivity index (χ1n) is 9.73.